The number of methoxy groups -OCH3 is 1. The molecule has 0 heterocycles. The fourth-order valence-electron chi connectivity index (χ4n) is 2.66. The molecule has 162 valence electrons. The Hall–Kier alpha value is -2.55. The number of carbonyl (C=O) groups excluding carboxylic acids is 1. The number of sulfonamides is 1. The number of carbonyl (C=O) groups is 1. The second-order valence-corrected chi connectivity index (χ2v) is 8.94. The molecule has 0 aromatic heterocycles. The molecule has 9 heteroatoms. The normalized spacial score (nSPS) is 11.7. The van der Waals surface area contributed by atoms with Crippen molar-refractivity contribution in [2.24, 2.45) is 0 Å². The number of benzene rings is 2. The van der Waals surface area contributed by atoms with E-state index < -0.39 is 10.0 Å². The summed E-state index contributed by atoms with van der Waals surface area (Å²) >= 11 is 6.21. The van der Waals surface area contributed by atoms with Crippen LogP contribution in [0.3, 0.4) is 0 Å². The third-order valence-corrected chi connectivity index (χ3v) is 6.34. The Morgan fingerprint density at radius 1 is 1.23 bits per heavy atom. The van der Waals surface area contributed by atoms with Gasteiger partial charge in [-0.2, -0.15) is 0 Å². The van der Waals surface area contributed by atoms with Crippen molar-refractivity contribution in [3.8, 4) is 11.5 Å². The van der Waals surface area contributed by atoms with Crippen molar-refractivity contribution in [3.63, 3.8) is 0 Å². The first kappa shape index (κ1) is 23.7. The summed E-state index contributed by atoms with van der Waals surface area (Å²) in [4.78, 5) is 12.4. The highest BCUT2D eigenvalue weighted by Crippen LogP contribution is 2.36. The number of amides is 1. The van der Waals surface area contributed by atoms with Crippen LogP contribution in [-0.2, 0) is 21.4 Å². The van der Waals surface area contributed by atoms with Gasteiger partial charge >= 0.3 is 0 Å². The molecule has 2 rings (SSSR count). The second kappa shape index (κ2) is 10.5. The molecule has 1 amide bonds. The van der Waals surface area contributed by atoms with Gasteiger partial charge in [0.2, 0.25) is 15.9 Å². The van der Waals surface area contributed by atoms with Crippen molar-refractivity contribution in [1.29, 1.82) is 0 Å². The molecule has 0 aliphatic rings. The Labute approximate surface area is 182 Å². The van der Waals surface area contributed by atoms with Gasteiger partial charge in [-0.05, 0) is 42.3 Å². The van der Waals surface area contributed by atoms with Crippen molar-refractivity contribution in [1.82, 2.24) is 9.62 Å². The molecule has 0 saturated heterocycles. The van der Waals surface area contributed by atoms with E-state index in [1.54, 1.807) is 36.4 Å². The van der Waals surface area contributed by atoms with Gasteiger partial charge in [0.25, 0.3) is 0 Å². The lowest BCUT2D eigenvalue weighted by atomic mass is 10.2. The molecule has 0 spiro atoms. The van der Waals surface area contributed by atoms with Gasteiger partial charge in [-0.15, -0.1) is 0 Å². The largest absolute Gasteiger partial charge is 0.491 e. The molecule has 0 bridgehead atoms. The zero-order valence-electron chi connectivity index (χ0n) is 17.3. The lowest BCUT2D eigenvalue weighted by Gasteiger charge is -2.15. The minimum absolute atomic E-state index is 0.0694. The first-order chi connectivity index (χ1) is 14.2. The average molecular weight is 453 g/mol. The van der Waals surface area contributed by atoms with Gasteiger partial charge in [0.05, 0.1) is 23.6 Å². The zero-order valence-corrected chi connectivity index (χ0v) is 18.9. The number of nitrogens with one attached hydrogen (secondary N) is 1. The average Bonchev–Trinajstić information content (AvgIpc) is 2.71. The lowest BCUT2D eigenvalue weighted by Crippen LogP contribution is -2.26. The summed E-state index contributed by atoms with van der Waals surface area (Å²) in [6.07, 6.45) is 2.93. The minimum Gasteiger partial charge on any atom is -0.491 e. The number of nitrogens with zero attached hydrogens (tertiary/aromatic N) is 1. The van der Waals surface area contributed by atoms with Crippen LogP contribution in [-0.4, -0.2) is 46.4 Å². The number of rotatable bonds is 9. The van der Waals surface area contributed by atoms with Gasteiger partial charge in [-0.1, -0.05) is 29.8 Å². The summed E-state index contributed by atoms with van der Waals surface area (Å²) in [6, 6.07) is 9.92. The summed E-state index contributed by atoms with van der Waals surface area (Å²) in [7, 11) is 0.817. The SMILES string of the molecule is CCOc1cc(/C=C/C(=O)NCc2ccccc2S(=O)(=O)N(C)C)cc(Cl)c1OC. The maximum Gasteiger partial charge on any atom is 0.244 e. The Kier molecular flexibility index (Phi) is 8.28. The monoisotopic (exact) mass is 452 g/mol. The van der Waals surface area contributed by atoms with E-state index in [0.29, 0.717) is 34.3 Å². The van der Waals surface area contributed by atoms with Crippen LogP contribution in [0.25, 0.3) is 6.08 Å². The van der Waals surface area contributed by atoms with E-state index in [9.17, 15) is 13.2 Å². The van der Waals surface area contributed by atoms with Crippen molar-refractivity contribution in [2.45, 2.75) is 18.4 Å². The van der Waals surface area contributed by atoms with E-state index in [2.05, 4.69) is 5.32 Å². The number of ether oxygens (including phenoxy) is 2. The van der Waals surface area contributed by atoms with Gasteiger partial charge in [0.1, 0.15) is 0 Å². The van der Waals surface area contributed by atoms with Crippen LogP contribution in [0, 0.1) is 0 Å². The van der Waals surface area contributed by atoms with E-state index in [4.69, 9.17) is 21.1 Å². The van der Waals surface area contributed by atoms with E-state index in [-0.39, 0.29) is 17.3 Å². The molecule has 0 fully saturated rings. The van der Waals surface area contributed by atoms with Gasteiger partial charge in [0.15, 0.2) is 11.5 Å². The van der Waals surface area contributed by atoms with Crippen LogP contribution in [0.1, 0.15) is 18.1 Å². The molecule has 0 aliphatic carbocycles. The highest BCUT2D eigenvalue weighted by Gasteiger charge is 2.20. The number of halogens is 1. The fourth-order valence-corrected chi connectivity index (χ4v) is 4.07. The molecule has 0 atom stereocenters. The third-order valence-electron chi connectivity index (χ3n) is 4.15. The predicted octanol–water partition coefficient (Wildman–Crippen LogP) is 3.33. The van der Waals surface area contributed by atoms with Crippen LogP contribution in [0.5, 0.6) is 11.5 Å². The smallest absolute Gasteiger partial charge is 0.244 e. The maximum atomic E-state index is 12.4. The summed E-state index contributed by atoms with van der Waals surface area (Å²) < 4.78 is 36.8. The van der Waals surface area contributed by atoms with Gasteiger partial charge in [0, 0.05) is 26.7 Å². The maximum absolute atomic E-state index is 12.4. The summed E-state index contributed by atoms with van der Waals surface area (Å²) in [5.41, 5.74) is 1.16. The number of hydrogen-bond acceptors (Lipinski definition) is 5. The quantitative estimate of drug-likeness (QED) is 0.590. The molecule has 1 N–H and O–H groups in total. The highest BCUT2D eigenvalue weighted by atomic mass is 35.5. The molecule has 0 unspecified atom stereocenters. The highest BCUT2D eigenvalue weighted by molar-refractivity contribution is 7.89. The first-order valence-corrected chi connectivity index (χ1v) is 11.0. The number of hydrogen-bond donors (Lipinski definition) is 1. The zero-order chi connectivity index (χ0) is 22.3. The predicted molar refractivity (Wildman–Crippen MR) is 117 cm³/mol. The molecule has 0 saturated carbocycles. The van der Waals surface area contributed by atoms with E-state index in [1.165, 1.54) is 33.3 Å². The van der Waals surface area contributed by atoms with Crippen LogP contribution in [0.15, 0.2) is 47.4 Å². The molecular weight excluding hydrogens is 428 g/mol. The minimum atomic E-state index is -3.61. The van der Waals surface area contributed by atoms with Crippen molar-refractivity contribution >= 4 is 33.6 Å². The Balaban J connectivity index is 2.14. The third kappa shape index (κ3) is 5.75. The van der Waals surface area contributed by atoms with Gasteiger partial charge in [-0.3, -0.25) is 4.79 Å². The Bertz CT molecular complexity index is 1040. The van der Waals surface area contributed by atoms with Crippen LogP contribution in [0.2, 0.25) is 5.02 Å². The van der Waals surface area contributed by atoms with Crippen molar-refractivity contribution < 1.29 is 22.7 Å². The van der Waals surface area contributed by atoms with Crippen LogP contribution in [0.4, 0.5) is 0 Å². The van der Waals surface area contributed by atoms with Crippen LogP contribution < -0.4 is 14.8 Å². The molecule has 2 aromatic carbocycles. The van der Waals surface area contributed by atoms with E-state index >= 15 is 0 Å². The fraction of sp³-hybridized carbons (Fsp3) is 0.286. The molecule has 0 radical (unpaired) electrons. The van der Waals surface area contributed by atoms with E-state index in [0.717, 1.165) is 4.31 Å². The summed E-state index contributed by atoms with van der Waals surface area (Å²) in [5.74, 6) is 0.533. The molecule has 7 nitrogen and oxygen atoms in total. The van der Waals surface area contributed by atoms with Crippen LogP contribution >= 0.6 is 11.6 Å². The van der Waals surface area contributed by atoms with Crippen molar-refractivity contribution in [2.75, 3.05) is 27.8 Å². The Morgan fingerprint density at radius 3 is 2.57 bits per heavy atom. The molecule has 2 aromatic rings. The lowest BCUT2D eigenvalue weighted by molar-refractivity contribution is -0.116. The van der Waals surface area contributed by atoms with Gasteiger partial charge < -0.3 is 14.8 Å². The first-order valence-electron chi connectivity index (χ1n) is 9.17. The Morgan fingerprint density at radius 2 is 1.93 bits per heavy atom. The standard InChI is InChI=1S/C21H25ClN2O5S/c1-5-29-18-13-15(12-17(22)21(18)28-4)10-11-20(25)23-14-16-8-6-7-9-19(16)30(26,27)24(2)3/h6-13H,5,14H2,1-4H3,(H,23,25)/b11-10+. The molecular formula is C21H25ClN2O5S. The van der Waals surface area contributed by atoms with Gasteiger partial charge in [-0.25, -0.2) is 12.7 Å². The topological polar surface area (TPSA) is 84.9 Å². The second-order valence-electron chi connectivity index (χ2n) is 6.41. The molecule has 30 heavy (non-hydrogen) atoms. The summed E-state index contributed by atoms with van der Waals surface area (Å²) in [5, 5.41) is 3.07. The van der Waals surface area contributed by atoms with E-state index in [1.807, 2.05) is 6.92 Å². The molecule has 0 aliphatic heterocycles. The van der Waals surface area contributed by atoms with Crippen molar-refractivity contribution in [3.05, 3.63) is 58.6 Å². The summed E-state index contributed by atoms with van der Waals surface area (Å²) in [6.45, 7) is 2.35.